The van der Waals surface area contributed by atoms with Crippen molar-refractivity contribution >= 4 is 5.91 Å². The summed E-state index contributed by atoms with van der Waals surface area (Å²) in [6.45, 7) is 4.06. The van der Waals surface area contributed by atoms with Crippen LogP contribution in [-0.4, -0.2) is 37.0 Å². The second kappa shape index (κ2) is 4.45. The maximum atomic E-state index is 11.1. The summed E-state index contributed by atoms with van der Waals surface area (Å²) in [5, 5.41) is 3.02. The molecule has 0 aromatic carbocycles. The molecule has 0 aromatic rings. The number of nitrogens with zero attached hydrogens (tertiary/aromatic N) is 1. The van der Waals surface area contributed by atoms with Crippen LogP contribution in [0.1, 0.15) is 26.2 Å². The standard InChI is InChI=1S/C9H18N2O/c1-3-9(12)10-8-5-4-6-11(2)7-8/h8H,3-7H2,1-2H3,(H,10,12). The van der Waals surface area contributed by atoms with Crippen LogP contribution < -0.4 is 5.32 Å². The molecule has 1 amide bonds. The molecule has 0 saturated carbocycles. The Morgan fingerprint density at radius 2 is 2.42 bits per heavy atom. The first-order valence-electron chi connectivity index (χ1n) is 4.70. The van der Waals surface area contributed by atoms with E-state index in [9.17, 15) is 4.79 Å². The Morgan fingerprint density at radius 1 is 1.67 bits per heavy atom. The highest BCUT2D eigenvalue weighted by Gasteiger charge is 2.17. The molecule has 0 aliphatic carbocycles. The third-order valence-electron chi connectivity index (χ3n) is 2.31. The zero-order valence-electron chi connectivity index (χ0n) is 7.97. The molecule has 0 radical (unpaired) electrons. The smallest absolute Gasteiger partial charge is 0.219 e. The first-order valence-corrected chi connectivity index (χ1v) is 4.70. The summed E-state index contributed by atoms with van der Waals surface area (Å²) in [6.07, 6.45) is 2.93. The van der Waals surface area contributed by atoms with Gasteiger partial charge in [-0.05, 0) is 26.4 Å². The van der Waals surface area contributed by atoms with Crippen molar-refractivity contribution in [2.75, 3.05) is 20.1 Å². The first kappa shape index (κ1) is 9.52. The SMILES string of the molecule is CCC(=O)NC1CCCN(C)C1. The minimum absolute atomic E-state index is 0.176. The van der Waals surface area contributed by atoms with Gasteiger partial charge in [-0.2, -0.15) is 0 Å². The quantitative estimate of drug-likeness (QED) is 0.658. The molecule has 0 spiro atoms. The lowest BCUT2D eigenvalue weighted by Gasteiger charge is -2.30. The molecule has 0 aromatic heterocycles. The molecular weight excluding hydrogens is 152 g/mol. The fourth-order valence-corrected chi connectivity index (χ4v) is 1.61. The molecule has 1 rings (SSSR count). The molecule has 3 nitrogen and oxygen atoms in total. The molecular formula is C9H18N2O. The number of likely N-dealkylation sites (N-methyl/N-ethyl adjacent to an activating group) is 1. The molecule has 1 fully saturated rings. The van der Waals surface area contributed by atoms with Crippen LogP contribution in [0.5, 0.6) is 0 Å². The van der Waals surface area contributed by atoms with Gasteiger partial charge in [-0.1, -0.05) is 6.92 Å². The Kier molecular flexibility index (Phi) is 3.53. The third kappa shape index (κ3) is 2.81. The Balaban J connectivity index is 2.27. The van der Waals surface area contributed by atoms with Crippen LogP contribution in [0, 0.1) is 0 Å². The number of nitrogens with one attached hydrogen (secondary N) is 1. The minimum atomic E-state index is 0.176. The zero-order valence-corrected chi connectivity index (χ0v) is 7.97. The lowest BCUT2D eigenvalue weighted by atomic mass is 10.1. The van der Waals surface area contributed by atoms with Gasteiger partial charge in [-0.3, -0.25) is 4.79 Å². The van der Waals surface area contributed by atoms with Crippen molar-refractivity contribution in [1.29, 1.82) is 0 Å². The van der Waals surface area contributed by atoms with Crippen molar-refractivity contribution in [3.8, 4) is 0 Å². The van der Waals surface area contributed by atoms with Gasteiger partial charge in [0, 0.05) is 19.0 Å². The maximum Gasteiger partial charge on any atom is 0.219 e. The summed E-state index contributed by atoms with van der Waals surface area (Å²) >= 11 is 0. The highest BCUT2D eigenvalue weighted by molar-refractivity contribution is 5.75. The number of piperidine rings is 1. The third-order valence-corrected chi connectivity index (χ3v) is 2.31. The molecule has 1 unspecified atom stereocenters. The Bertz CT molecular complexity index is 159. The lowest BCUT2D eigenvalue weighted by molar-refractivity contribution is -0.121. The highest BCUT2D eigenvalue weighted by atomic mass is 16.1. The van der Waals surface area contributed by atoms with Gasteiger partial charge in [-0.15, -0.1) is 0 Å². The highest BCUT2D eigenvalue weighted by Crippen LogP contribution is 2.07. The van der Waals surface area contributed by atoms with Crippen molar-refractivity contribution in [1.82, 2.24) is 10.2 Å². The summed E-state index contributed by atoms with van der Waals surface area (Å²) < 4.78 is 0. The molecule has 70 valence electrons. The van der Waals surface area contributed by atoms with Crippen LogP contribution in [-0.2, 0) is 4.79 Å². The number of carbonyl (C=O) groups is 1. The monoisotopic (exact) mass is 170 g/mol. The van der Waals surface area contributed by atoms with Gasteiger partial charge in [0.05, 0.1) is 0 Å². The Hall–Kier alpha value is -0.570. The largest absolute Gasteiger partial charge is 0.352 e. The summed E-state index contributed by atoms with van der Waals surface area (Å²) in [4.78, 5) is 13.3. The fourth-order valence-electron chi connectivity index (χ4n) is 1.61. The molecule has 1 aliphatic heterocycles. The molecule has 1 aliphatic rings. The zero-order chi connectivity index (χ0) is 8.97. The molecule has 1 atom stereocenters. The van der Waals surface area contributed by atoms with Gasteiger partial charge in [0.2, 0.25) is 5.91 Å². The van der Waals surface area contributed by atoms with Gasteiger partial charge in [-0.25, -0.2) is 0 Å². The fraction of sp³-hybridized carbons (Fsp3) is 0.889. The molecule has 1 saturated heterocycles. The predicted octanol–water partition coefficient (Wildman–Crippen LogP) is 0.607. The molecule has 3 heteroatoms. The van der Waals surface area contributed by atoms with Gasteiger partial charge in [0.1, 0.15) is 0 Å². The number of rotatable bonds is 2. The van der Waals surface area contributed by atoms with E-state index in [-0.39, 0.29) is 5.91 Å². The van der Waals surface area contributed by atoms with Crippen LogP contribution in [0.3, 0.4) is 0 Å². The number of carbonyl (C=O) groups excluding carboxylic acids is 1. The van der Waals surface area contributed by atoms with Gasteiger partial charge in [0.15, 0.2) is 0 Å². The minimum Gasteiger partial charge on any atom is -0.352 e. The van der Waals surface area contributed by atoms with E-state index in [1.54, 1.807) is 0 Å². The number of likely N-dealkylation sites (tertiary alicyclic amines) is 1. The summed E-state index contributed by atoms with van der Waals surface area (Å²) in [5.41, 5.74) is 0. The van der Waals surface area contributed by atoms with E-state index >= 15 is 0 Å². The normalized spacial score (nSPS) is 25.3. The van der Waals surface area contributed by atoms with Crippen LogP contribution in [0.2, 0.25) is 0 Å². The number of hydrogen-bond donors (Lipinski definition) is 1. The van der Waals surface area contributed by atoms with Crippen molar-refractivity contribution in [2.24, 2.45) is 0 Å². The average molecular weight is 170 g/mol. The Morgan fingerprint density at radius 3 is 3.00 bits per heavy atom. The van der Waals surface area contributed by atoms with E-state index in [2.05, 4.69) is 17.3 Å². The average Bonchev–Trinajstić information content (AvgIpc) is 2.04. The summed E-state index contributed by atoms with van der Waals surface area (Å²) in [5.74, 6) is 0.176. The van der Waals surface area contributed by atoms with Gasteiger partial charge < -0.3 is 10.2 Å². The maximum absolute atomic E-state index is 11.1. The second-order valence-corrected chi connectivity index (χ2v) is 3.52. The van der Waals surface area contributed by atoms with E-state index in [0.29, 0.717) is 12.5 Å². The number of amides is 1. The van der Waals surface area contributed by atoms with Gasteiger partial charge >= 0.3 is 0 Å². The van der Waals surface area contributed by atoms with Gasteiger partial charge in [0.25, 0.3) is 0 Å². The molecule has 1 heterocycles. The van der Waals surface area contributed by atoms with E-state index in [1.165, 1.54) is 13.0 Å². The van der Waals surface area contributed by atoms with E-state index in [1.807, 2.05) is 6.92 Å². The topological polar surface area (TPSA) is 32.3 Å². The molecule has 0 bridgehead atoms. The number of hydrogen-bond acceptors (Lipinski definition) is 2. The van der Waals surface area contributed by atoms with Crippen molar-refractivity contribution in [3.63, 3.8) is 0 Å². The molecule has 12 heavy (non-hydrogen) atoms. The second-order valence-electron chi connectivity index (χ2n) is 3.52. The summed E-state index contributed by atoms with van der Waals surface area (Å²) in [6, 6.07) is 0.385. The predicted molar refractivity (Wildman–Crippen MR) is 49.0 cm³/mol. The van der Waals surface area contributed by atoms with Crippen LogP contribution in [0.25, 0.3) is 0 Å². The van der Waals surface area contributed by atoms with E-state index in [4.69, 9.17) is 0 Å². The van der Waals surface area contributed by atoms with Crippen LogP contribution >= 0.6 is 0 Å². The molecule has 1 N–H and O–H groups in total. The van der Waals surface area contributed by atoms with Crippen molar-refractivity contribution in [2.45, 2.75) is 32.2 Å². The van der Waals surface area contributed by atoms with E-state index in [0.717, 1.165) is 13.0 Å². The Labute approximate surface area is 74.1 Å². The van der Waals surface area contributed by atoms with Crippen LogP contribution in [0.15, 0.2) is 0 Å². The summed E-state index contributed by atoms with van der Waals surface area (Å²) in [7, 11) is 2.10. The van der Waals surface area contributed by atoms with E-state index < -0.39 is 0 Å². The first-order chi connectivity index (χ1) is 5.72. The lowest BCUT2D eigenvalue weighted by Crippen LogP contribution is -2.46. The van der Waals surface area contributed by atoms with Crippen molar-refractivity contribution < 1.29 is 4.79 Å². The van der Waals surface area contributed by atoms with Crippen molar-refractivity contribution in [3.05, 3.63) is 0 Å². The van der Waals surface area contributed by atoms with Crippen LogP contribution in [0.4, 0.5) is 0 Å².